The van der Waals surface area contributed by atoms with Crippen LogP contribution in [0, 0.1) is 23.7 Å². The number of fused-ring (bicyclic) bond motifs is 1. The van der Waals surface area contributed by atoms with Gasteiger partial charge in [0.05, 0.1) is 11.8 Å². The SMILES string of the molecule is CCc1ccccc1NC(=O)c1ccc(NC(=O)[C@@H]2[C@@H]3C[C@@H]4[C@@H]2C(=O)O[C@@H]4C3)cc1. The molecular formula is C24H24N2O4. The van der Waals surface area contributed by atoms with Gasteiger partial charge in [-0.2, -0.15) is 0 Å². The lowest BCUT2D eigenvalue weighted by atomic mass is 9.79. The smallest absolute Gasteiger partial charge is 0.310 e. The number of rotatable bonds is 5. The van der Waals surface area contributed by atoms with Crippen LogP contribution in [0.15, 0.2) is 48.5 Å². The van der Waals surface area contributed by atoms with Crippen molar-refractivity contribution in [2.24, 2.45) is 23.7 Å². The number of esters is 1. The summed E-state index contributed by atoms with van der Waals surface area (Å²) in [6, 6.07) is 14.6. The Balaban J connectivity index is 1.25. The van der Waals surface area contributed by atoms with Crippen molar-refractivity contribution in [2.75, 3.05) is 10.6 Å². The van der Waals surface area contributed by atoms with Gasteiger partial charge in [-0.05, 0) is 61.1 Å². The number of carbonyl (C=O) groups excluding carboxylic acids is 3. The van der Waals surface area contributed by atoms with Gasteiger partial charge in [0, 0.05) is 22.9 Å². The molecule has 5 rings (SSSR count). The number of para-hydroxylation sites is 1. The van der Waals surface area contributed by atoms with Crippen molar-refractivity contribution in [3.63, 3.8) is 0 Å². The minimum Gasteiger partial charge on any atom is -0.462 e. The second-order valence-corrected chi connectivity index (χ2v) is 8.45. The van der Waals surface area contributed by atoms with Crippen LogP contribution in [0.1, 0.15) is 35.7 Å². The predicted molar refractivity (Wildman–Crippen MR) is 112 cm³/mol. The lowest BCUT2D eigenvalue weighted by molar-refractivity contribution is -0.145. The Labute approximate surface area is 175 Å². The maximum Gasteiger partial charge on any atom is 0.310 e. The summed E-state index contributed by atoms with van der Waals surface area (Å²) in [5.41, 5.74) is 3.02. The van der Waals surface area contributed by atoms with E-state index in [1.807, 2.05) is 31.2 Å². The standard InChI is InChI=1S/C24H24N2O4/c1-2-13-5-3-4-6-18(13)26-22(27)14-7-9-16(10-8-14)25-23(28)20-15-11-17-19(12-15)30-24(29)21(17)20/h3-10,15,17,19-21H,2,11-12H2,1H3,(H,25,28)(H,26,27)/t15-,17+,19-,20-,21+/m1/s1. The van der Waals surface area contributed by atoms with Crippen LogP contribution in [-0.4, -0.2) is 23.9 Å². The molecule has 2 N–H and O–H groups in total. The van der Waals surface area contributed by atoms with Crippen molar-refractivity contribution in [1.29, 1.82) is 0 Å². The average Bonchev–Trinajstić information content (AvgIpc) is 3.37. The molecule has 2 aliphatic carbocycles. The second kappa shape index (κ2) is 7.27. The molecule has 6 nitrogen and oxygen atoms in total. The van der Waals surface area contributed by atoms with Crippen molar-refractivity contribution in [2.45, 2.75) is 32.3 Å². The largest absolute Gasteiger partial charge is 0.462 e. The number of amides is 2. The first-order chi connectivity index (χ1) is 14.5. The van der Waals surface area contributed by atoms with Crippen LogP contribution in [0.4, 0.5) is 11.4 Å². The molecular weight excluding hydrogens is 380 g/mol. The van der Waals surface area contributed by atoms with Crippen LogP contribution >= 0.6 is 0 Å². The second-order valence-electron chi connectivity index (χ2n) is 8.45. The quantitative estimate of drug-likeness (QED) is 0.745. The van der Waals surface area contributed by atoms with Crippen LogP contribution in [0.25, 0.3) is 0 Å². The van der Waals surface area contributed by atoms with Gasteiger partial charge in [0.15, 0.2) is 0 Å². The molecule has 2 bridgehead atoms. The molecule has 3 fully saturated rings. The van der Waals surface area contributed by atoms with Crippen molar-refractivity contribution >= 4 is 29.2 Å². The third kappa shape index (κ3) is 3.07. The van der Waals surface area contributed by atoms with Crippen LogP contribution in [0.3, 0.4) is 0 Å². The molecule has 1 aliphatic heterocycles. The Morgan fingerprint density at radius 3 is 2.57 bits per heavy atom. The van der Waals surface area contributed by atoms with Crippen molar-refractivity contribution in [1.82, 2.24) is 0 Å². The first-order valence-corrected chi connectivity index (χ1v) is 10.6. The molecule has 2 aromatic rings. The molecule has 154 valence electrons. The highest BCUT2D eigenvalue weighted by molar-refractivity contribution is 6.05. The Hall–Kier alpha value is -3.15. The number of ether oxygens (including phenoxy) is 1. The number of aryl methyl sites for hydroxylation is 1. The molecule has 3 aliphatic rings. The molecule has 6 heteroatoms. The minimum absolute atomic E-state index is 0.0205. The highest BCUT2D eigenvalue weighted by Gasteiger charge is 2.63. The molecule has 0 radical (unpaired) electrons. The summed E-state index contributed by atoms with van der Waals surface area (Å²) in [6.45, 7) is 2.05. The fourth-order valence-electron chi connectivity index (χ4n) is 5.44. The van der Waals surface area contributed by atoms with Crippen LogP contribution in [0.5, 0.6) is 0 Å². The lowest BCUT2D eigenvalue weighted by Gasteiger charge is -2.23. The summed E-state index contributed by atoms with van der Waals surface area (Å²) >= 11 is 0. The molecule has 0 unspecified atom stereocenters. The van der Waals surface area contributed by atoms with Gasteiger partial charge < -0.3 is 15.4 Å². The van der Waals surface area contributed by atoms with E-state index in [-0.39, 0.29) is 47.6 Å². The minimum atomic E-state index is -0.310. The van der Waals surface area contributed by atoms with Crippen LogP contribution in [0.2, 0.25) is 0 Å². The Bertz CT molecular complexity index is 1010. The molecule has 5 atom stereocenters. The van der Waals surface area contributed by atoms with E-state index in [0.29, 0.717) is 11.3 Å². The van der Waals surface area contributed by atoms with Crippen LogP contribution in [-0.2, 0) is 20.7 Å². The summed E-state index contributed by atoms with van der Waals surface area (Å²) in [5.74, 6) is -0.715. The molecule has 0 spiro atoms. The van der Waals surface area contributed by atoms with Gasteiger partial charge in [0.2, 0.25) is 5.91 Å². The molecule has 1 heterocycles. The Morgan fingerprint density at radius 1 is 1.03 bits per heavy atom. The zero-order valence-corrected chi connectivity index (χ0v) is 16.8. The zero-order valence-electron chi connectivity index (χ0n) is 16.8. The highest BCUT2D eigenvalue weighted by Crippen LogP contribution is 2.57. The van der Waals surface area contributed by atoms with Gasteiger partial charge in [-0.15, -0.1) is 0 Å². The van der Waals surface area contributed by atoms with E-state index in [9.17, 15) is 14.4 Å². The third-order valence-electron chi connectivity index (χ3n) is 6.85. The van der Waals surface area contributed by atoms with E-state index in [4.69, 9.17) is 4.74 Å². The highest BCUT2D eigenvalue weighted by atomic mass is 16.6. The normalized spacial score (nSPS) is 28.3. The fourth-order valence-corrected chi connectivity index (χ4v) is 5.44. The van der Waals surface area contributed by atoms with E-state index < -0.39 is 0 Å². The number of hydrogen-bond acceptors (Lipinski definition) is 4. The summed E-state index contributed by atoms with van der Waals surface area (Å²) in [5, 5.41) is 5.87. The van der Waals surface area contributed by atoms with E-state index in [2.05, 4.69) is 10.6 Å². The monoisotopic (exact) mass is 404 g/mol. The number of nitrogens with one attached hydrogen (secondary N) is 2. The van der Waals surface area contributed by atoms with Crippen molar-refractivity contribution in [3.8, 4) is 0 Å². The molecule has 0 aromatic heterocycles. The first-order valence-electron chi connectivity index (χ1n) is 10.6. The van der Waals surface area contributed by atoms with E-state index in [1.165, 1.54) is 0 Å². The summed E-state index contributed by atoms with van der Waals surface area (Å²) in [7, 11) is 0. The molecule has 1 saturated heterocycles. The van der Waals surface area contributed by atoms with Crippen LogP contribution < -0.4 is 10.6 Å². The first kappa shape index (κ1) is 18.9. The maximum absolute atomic E-state index is 12.9. The summed E-state index contributed by atoms with van der Waals surface area (Å²) in [6.07, 6.45) is 2.55. The molecule has 2 saturated carbocycles. The Morgan fingerprint density at radius 2 is 1.80 bits per heavy atom. The predicted octanol–water partition coefficient (Wildman–Crippen LogP) is 3.64. The zero-order chi connectivity index (χ0) is 20.8. The van der Waals surface area contributed by atoms with Gasteiger partial charge in [0.25, 0.3) is 5.91 Å². The van der Waals surface area contributed by atoms with Gasteiger partial charge in [0.1, 0.15) is 6.10 Å². The van der Waals surface area contributed by atoms with Gasteiger partial charge in [-0.25, -0.2) is 0 Å². The lowest BCUT2D eigenvalue weighted by Crippen LogP contribution is -2.35. The summed E-state index contributed by atoms with van der Waals surface area (Å²) < 4.78 is 5.41. The number of benzene rings is 2. The van der Waals surface area contributed by atoms with E-state index in [1.54, 1.807) is 24.3 Å². The number of anilines is 2. The molecule has 30 heavy (non-hydrogen) atoms. The topological polar surface area (TPSA) is 84.5 Å². The van der Waals surface area contributed by atoms with Gasteiger partial charge in [-0.3, -0.25) is 14.4 Å². The van der Waals surface area contributed by atoms with E-state index in [0.717, 1.165) is 30.5 Å². The fraction of sp³-hybridized carbons (Fsp3) is 0.375. The molecule has 2 aromatic carbocycles. The van der Waals surface area contributed by atoms with Crippen molar-refractivity contribution < 1.29 is 19.1 Å². The summed E-state index contributed by atoms with van der Waals surface area (Å²) in [4.78, 5) is 37.6. The van der Waals surface area contributed by atoms with Crippen molar-refractivity contribution in [3.05, 3.63) is 59.7 Å². The van der Waals surface area contributed by atoms with Gasteiger partial charge >= 0.3 is 5.97 Å². The third-order valence-corrected chi connectivity index (χ3v) is 6.85. The maximum atomic E-state index is 12.9. The van der Waals surface area contributed by atoms with Gasteiger partial charge in [-0.1, -0.05) is 25.1 Å². The average molecular weight is 404 g/mol. The molecule has 2 amide bonds. The Kier molecular flexibility index (Phi) is 4.57. The number of hydrogen-bond donors (Lipinski definition) is 2. The number of carbonyl (C=O) groups is 3. The van der Waals surface area contributed by atoms with E-state index >= 15 is 0 Å².